The van der Waals surface area contributed by atoms with Crippen molar-refractivity contribution < 1.29 is 14.0 Å². The molecule has 2 amide bonds. The van der Waals surface area contributed by atoms with Gasteiger partial charge in [0.2, 0.25) is 5.91 Å². The minimum atomic E-state index is -0.813. The summed E-state index contributed by atoms with van der Waals surface area (Å²) in [4.78, 5) is 29.1. The van der Waals surface area contributed by atoms with Crippen LogP contribution in [0.3, 0.4) is 0 Å². The van der Waals surface area contributed by atoms with Crippen molar-refractivity contribution in [1.29, 1.82) is 0 Å². The lowest BCUT2D eigenvalue weighted by Crippen LogP contribution is -2.46. The van der Waals surface area contributed by atoms with Crippen LogP contribution < -0.4 is 10.2 Å². The van der Waals surface area contributed by atoms with Gasteiger partial charge in [-0.05, 0) is 54.6 Å². The summed E-state index contributed by atoms with van der Waals surface area (Å²) in [6, 6.07) is 13.3. The summed E-state index contributed by atoms with van der Waals surface area (Å²) >= 11 is 7.65. The predicted octanol–water partition coefficient (Wildman–Crippen LogP) is 5.44. The fourth-order valence-electron chi connectivity index (χ4n) is 3.70. The number of nitrogens with one attached hydrogen (secondary N) is 1. The Hall–Kier alpha value is -2.57. The van der Waals surface area contributed by atoms with Crippen LogP contribution in [0.2, 0.25) is 5.02 Å². The second-order valence-corrected chi connectivity index (χ2v) is 8.46. The molecule has 0 radical (unpaired) electrons. The monoisotopic (exact) mass is 428 g/mol. The van der Waals surface area contributed by atoms with E-state index in [1.165, 1.54) is 22.5 Å². The van der Waals surface area contributed by atoms with Gasteiger partial charge in [0.05, 0.1) is 6.26 Å². The van der Waals surface area contributed by atoms with Crippen molar-refractivity contribution in [3.63, 3.8) is 0 Å². The Labute approximate surface area is 178 Å². The number of hydrogen-bond acceptors (Lipinski definition) is 4. The molecule has 2 heterocycles. The van der Waals surface area contributed by atoms with Crippen LogP contribution in [0.15, 0.2) is 64.6 Å². The van der Waals surface area contributed by atoms with E-state index in [2.05, 4.69) is 5.32 Å². The minimum Gasteiger partial charge on any atom is -0.459 e. The van der Waals surface area contributed by atoms with Gasteiger partial charge in [0.1, 0.15) is 0 Å². The number of rotatable bonds is 6. The van der Waals surface area contributed by atoms with Gasteiger partial charge in [-0.1, -0.05) is 36.6 Å². The van der Waals surface area contributed by atoms with Crippen LogP contribution in [-0.2, 0) is 4.79 Å². The van der Waals surface area contributed by atoms with E-state index < -0.39 is 11.9 Å². The molecule has 5 nitrogen and oxygen atoms in total. The molecule has 1 aliphatic rings. The molecule has 1 atom stereocenters. The molecule has 1 saturated carbocycles. The Morgan fingerprint density at radius 2 is 1.97 bits per heavy atom. The maximum atomic E-state index is 13.4. The SMILES string of the molecule is O=C(NC1CCCC1)[C@@H](c1cccs1)N(C(=O)c1ccco1)c1cccc(Cl)c1. The summed E-state index contributed by atoms with van der Waals surface area (Å²) in [5.41, 5.74) is 0.541. The van der Waals surface area contributed by atoms with Crippen molar-refractivity contribution in [2.24, 2.45) is 0 Å². The number of anilines is 1. The first-order valence-electron chi connectivity index (χ1n) is 9.60. The topological polar surface area (TPSA) is 62.6 Å². The van der Waals surface area contributed by atoms with E-state index in [0.29, 0.717) is 10.7 Å². The molecular weight excluding hydrogens is 408 g/mol. The molecule has 0 spiro atoms. The molecule has 150 valence electrons. The fourth-order valence-corrected chi connectivity index (χ4v) is 4.70. The summed E-state index contributed by atoms with van der Waals surface area (Å²) in [7, 11) is 0. The summed E-state index contributed by atoms with van der Waals surface area (Å²) in [6.45, 7) is 0. The average Bonchev–Trinajstić information content (AvgIpc) is 3.49. The molecule has 3 aromatic rings. The average molecular weight is 429 g/mol. The predicted molar refractivity (Wildman–Crippen MR) is 114 cm³/mol. The quantitative estimate of drug-likeness (QED) is 0.568. The van der Waals surface area contributed by atoms with E-state index in [1.807, 2.05) is 17.5 Å². The molecule has 7 heteroatoms. The highest BCUT2D eigenvalue weighted by Crippen LogP contribution is 2.34. The number of furan rings is 1. The number of carbonyl (C=O) groups is 2. The number of halogens is 1. The molecule has 4 rings (SSSR count). The summed E-state index contributed by atoms with van der Waals surface area (Å²) in [5.74, 6) is -0.420. The van der Waals surface area contributed by atoms with Crippen molar-refractivity contribution >= 4 is 40.4 Å². The second-order valence-electron chi connectivity index (χ2n) is 7.04. The van der Waals surface area contributed by atoms with Crippen LogP contribution in [0.5, 0.6) is 0 Å². The van der Waals surface area contributed by atoms with Crippen LogP contribution in [0, 0.1) is 0 Å². The van der Waals surface area contributed by atoms with Gasteiger partial charge in [-0.3, -0.25) is 14.5 Å². The number of thiophene rings is 1. The second kappa shape index (κ2) is 8.84. The third-order valence-electron chi connectivity index (χ3n) is 5.06. The highest BCUT2D eigenvalue weighted by atomic mass is 35.5. The van der Waals surface area contributed by atoms with E-state index in [0.717, 1.165) is 30.6 Å². The number of benzene rings is 1. The van der Waals surface area contributed by atoms with Gasteiger partial charge in [0.15, 0.2) is 11.8 Å². The Bertz CT molecular complexity index is 966. The first kappa shape index (κ1) is 19.7. The normalized spacial score (nSPS) is 15.2. The van der Waals surface area contributed by atoms with Gasteiger partial charge in [-0.15, -0.1) is 11.3 Å². The highest BCUT2D eigenvalue weighted by Gasteiger charge is 2.36. The lowest BCUT2D eigenvalue weighted by atomic mass is 10.1. The number of nitrogens with zero attached hydrogens (tertiary/aromatic N) is 1. The molecule has 2 aromatic heterocycles. The van der Waals surface area contributed by atoms with Gasteiger partial charge < -0.3 is 9.73 Å². The Balaban J connectivity index is 1.77. The Morgan fingerprint density at radius 1 is 1.14 bits per heavy atom. The van der Waals surface area contributed by atoms with Crippen molar-refractivity contribution in [2.45, 2.75) is 37.8 Å². The third kappa shape index (κ3) is 4.38. The van der Waals surface area contributed by atoms with Gasteiger partial charge >= 0.3 is 0 Å². The minimum absolute atomic E-state index is 0.143. The third-order valence-corrected chi connectivity index (χ3v) is 6.22. The van der Waals surface area contributed by atoms with Gasteiger partial charge in [-0.2, -0.15) is 0 Å². The van der Waals surface area contributed by atoms with Crippen molar-refractivity contribution in [3.8, 4) is 0 Å². The number of amides is 2. The molecule has 1 aromatic carbocycles. The Morgan fingerprint density at radius 3 is 2.62 bits per heavy atom. The van der Waals surface area contributed by atoms with Crippen LogP contribution >= 0.6 is 22.9 Å². The number of carbonyl (C=O) groups excluding carboxylic acids is 2. The van der Waals surface area contributed by atoms with E-state index in [1.54, 1.807) is 36.4 Å². The standard InChI is InChI=1S/C22H21ClN2O3S/c23-15-6-3-9-17(14-15)25(22(27)18-10-4-12-28-18)20(19-11-5-13-29-19)21(26)24-16-7-1-2-8-16/h3-6,9-14,16,20H,1-2,7-8H2,(H,24,26)/t20-/m1/s1. The number of hydrogen-bond donors (Lipinski definition) is 1. The molecule has 0 bridgehead atoms. The zero-order valence-electron chi connectivity index (χ0n) is 15.7. The lowest BCUT2D eigenvalue weighted by Gasteiger charge is -2.31. The van der Waals surface area contributed by atoms with Gasteiger partial charge in [0, 0.05) is 21.6 Å². The first-order chi connectivity index (χ1) is 14.1. The molecule has 0 aliphatic heterocycles. The van der Waals surface area contributed by atoms with Crippen LogP contribution in [0.4, 0.5) is 5.69 Å². The zero-order valence-corrected chi connectivity index (χ0v) is 17.3. The lowest BCUT2D eigenvalue weighted by molar-refractivity contribution is -0.123. The van der Waals surface area contributed by atoms with E-state index in [4.69, 9.17) is 16.0 Å². The summed E-state index contributed by atoms with van der Waals surface area (Å²) in [5, 5.41) is 5.53. The molecule has 29 heavy (non-hydrogen) atoms. The highest BCUT2D eigenvalue weighted by molar-refractivity contribution is 7.10. The van der Waals surface area contributed by atoms with Crippen LogP contribution in [0.25, 0.3) is 0 Å². The van der Waals surface area contributed by atoms with E-state index in [9.17, 15) is 9.59 Å². The fraction of sp³-hybridized carbons (Fsp3) is 0.273. The smallest absolute Gasteiger partial charge is 0.295 e. The van der Waals surface area contributed by atoms with Crippen molar-refractivity contribution in [3.05, 3.63) is 75.8 Å². The zero-order chi connectivity index (χ0) is 20.2. The molecule has 1 N–H and O–H groups in total. The summed E-state index contributed by atoms with van der Waals surface area (Å²) in [6.07, 6.45) is 5.59. The van der Waals surface area contributed by atoms with Crippen molar-refractivity contribution in [2.75, 3.05) is 4.90 Å². The molecular formula is C22H21ClN2O3S. The molecule has 1 aliphatic carbocycles. The van der Waals surface area contributed by atoms with Gasteiger partial charge in [-0.25, -0.2) is 0 Å². The van der Waals surface area contributed by atoms with E-state index in [-0.39, 0.29) is 17.7 Å². The maximum Gasteiger partial charge on any atom is 0.295 e. The molecule has 0 saturated heterocycles. The molecule has 0 unspecified atom stereocenters. The van der Waals surface area contributed by atoms with Crippen LogP contribution in [-0.4, -0.2) is 17.9 Å². The summed E-state index contributed by atoms with van der Waals surface area (Å²) < 4.78 is 5.36. The largest absolute Gasteiger partial charge is 0.459 e. The maximum absolute atomic E-state index is 13.4. The first-order valence-corrected chi connectivity index (χ1v) is 10.9. The molecule has 1 fully saturated rings. The van der Waals surface area contributed by atoms with Crippen molar-refractivity contribution in [1.82, 2.24) is 5.32 Å². The van der Waals surface area contributed by atoms with E-state index >= 15 is 0 Å². The van der Waals surface area contributed by atoms with Gasteiger partial charge in [0.25, 0.3) is 5.91 Å². The van der Waals surface area contributed by atoms with Crippen LogP contribution in [0.1, 0.15) is 47.2 Å². The Kier molecular flexibility index (Phi) is 6.02.